The molecule has 0 saturated heterocycles. The highest BCUT2D eigenvalue weighted by molar-refractivity contribution is 5.44. The number of ether oxygens (including phenoxy) is 1. The van der Waals surface area contributed by atoms with Crippen molar-refractivity contribution in [3.05, 3.63) is 76.6 Å². The number of fused-ring (bicyclic) bond motifs is 1. The largest absolute Gasteiger partial charge is 0.489 e. The van der Waals surface area contributed by atoms with Crippen molar-refractivity contribution in [1.82, 2.24) is 4.90 Å². The molecule has 4 rings (SSSR count). The quantitative estimate of drug-likeness (QED) is 0.744. The first kappa shape index (κ1) is 16.3. The van der Waals surface area contributed by atoms with Crippen LogP contribution >= 0.6 is 0 Å². The molecule has 0 amide bonds. The molecule has 2 nitrogen and oxygen atoms in total. The third-order valence-corrected chi connectivity index (χ3v) is 5.23. The third kappa shape index (κ3) is 3.77. The average Bonchev–Trinajstić information content (AvgIpc) is 3.14. The predicted molar refractivity (Wildman–Crippen MR) is 98.3 cm³/mol. The first-order valence-corrected chi connectivity index (χ1v) is 9.17. The number of hydrogen-bond acceptors (Lipinski definition) is 2. The highest BCUT2D eigenvalue weighted by Crippen LogP contribution is 2.33. The molecule has 0 unspecified atom stereocenters. The van der Waals surface area contributed by atoms with Crippen LogP contribution in [0.15, 0.2) is 54.1 Å². The van der Waals surface area contributed by atoms with E-state index >= 15 is 0 Å². The van der Waals surface area contributed by atoms with E-state index in [0.29, 0.717) is 6.61 Å². The Kier molecular flexibility index (Phi) is 4.84. The molecule has 0 saturated carbocycles. The van der Waals surface area contributed by atoms with E-state index in [9.17, 15) is 4.39 Å². The molecule has 2 aromatic rings. The molecule has 3 heteroatoms. The van der Waals surface area contributed by atoms with E-state index in [0.717, 1.165) is 62.2 Å². The highest BCUT2D eigenvalue weighted by atomic mass is 19.1. The zero-order chi connectivity index (χ0) is 17.1. The van der Waals surface area contributed by atoms with Crippen molar-refractivity contribution in [1.29, 1.82) is 0 Å². The van der Waals surface area contributed by atoms with Crippen molar-refractivity contribution in [3.8, 4) is 5.75 Å². The summed E-state index contributed by atoms with van der Waals surface area (Å²) in [6.07, 6.45) is 6.14. The minimum absolute atomic E-state index is 0.0757. The lowest BCUT2D eigenvalue weighted by Gasteiger charge is -2.26. The van der Waals surface area contributed by atoms with Crippen LogP contribution in [0, 0.1) is 5.82 Å². The summed E-state index contributed by atoms with van der Waals surface area (Å²) >= 11 is 0. The fraction of sp³-hybridized carbons (Fsp3) is 0.364. The molecule has 1 aliphatic heterocycles. The fourth-order valence-corrected chi connectivity index (χ4v) is 3.80. The second-order valence-electron chi connectivity index (χ2n) is 6.98. The molecule has 0 atom stereocenters. The normalized spacial score (nSPS) is 17.2. The highest BCUT2D eigenvalue weighted by Gasteiger charge is 2.20. The minimum Gasteiger partial charge on any atom is -0.489 e. The molecule has 25 heavy (non-hydrogen) atoms. The summed E-state index contributed by atoms with van der Waals surface area (Å²) in [7, 11) is 0. The van der Waals surface area contributed by atoms with Gasteiger partial charge in [0.15, 0.2) is 0 Å². The van der Waals surface area contributed by atoms with Crippen LogP contribution in [0.5, 0.6) is 5.75 Å². The van der Waals surface area contributed by atoms with E-state index in [-0.39, 0.29) is 5.82 Å². The molecule has 0 fully saturated rings. The lowest BCUT2D eigenvalue weighted by Crippen LogP contribution is -2.29. The van der Waals surface area contributed by atoms with E-state index < -0.39 is 0 Å². The number of hydrogen-bond donors (Lipinski definition) is 0. The molecule has 2 aromatic carbocycles. The maximum Gasteiger partial charge on any atom is 0.126 e. The molecule has 1 aliphatic carbocycles. The van der Waals surface area contributed by atoms with Crippen molar-refractivity contribution in [3.63, 3.8) is 0 Å². The SMILES string of the molecule is Fc1ccc(OCC2=CCN(Cc3ccccc3)CC2)c2c1CCC2. The molecule has 0 bridgehead atoms. The predicted octanol–water partition coefficient (Wildman–Crippen LogP) is 4.53. The Labute approximate surface area is 148 Å². The molecular weight excluding hydrogens is 313 g/mol. The second kappa shape index (κ2) is 7.40. The number of rotatable bonds is 5. The first-order chi connectivity index (χ1) is 12.3. The van der Waals surface area contributed by atoms with Gasteiger partial charge in [-0.25, -0.2) is 4.39 Å². The van der Waals surface area contributed by atoms with Crippen LogP contribution in [0.1, 0.15) is 29.5 Å². The van der Waals surface area contributed by atoms with Gasteiger partial charge >= 0.3 is 0 Å². The summed E-state index contributed by atoms with van der Waals surface area (Å²) in [4.78, 5) is 2.45. The number of nitrogens with zero attached hydrogens (tertiary/aromatic N) is 1. The average molecular weight is 337 g/mol. The van der Waals surface area contributed by atoms with E-state index in [4.69, 9.17) is 4.74 Å². The smallest absolute Gasteiger partial charge is 0.126 e. The molecule has 0 spiro atoms. The van der Waals surface area contributed by atoms with Crippen LogP contribution in [0.25, 0.3) is 0 Å². The van der Waals surface area contributed by atoms with Gasteiger partial charge < -0.3 is 4.74 Å². The van der Waals surface area contributed by atoms with E-state index in [2.05, 4.69) is 41.3 Å². The van der Waals surface area contributed by atoms with Crippen molar-refractivity contribution >= 4 is 0 Å². The Bertz CT molecular complexity index is 769. The third-order valence-electron chi connectivity index (χ3n) is 5.23. The Hall–Kier alpha value is -2.13. The van der Waals surface area contributed by atoms with Crippen LogP contribution in [-0.2, 0) is 19.4 Å². The van der Waals surface area contributed by atoms with E-state index in [1.165, 1.54) is 11.1 Å². The van der Waals surface area contributed by atoms with Gasteiger partial charge in [-0.3, -0.25) is 4.90 Å². The summed E-state index contributed by atoms with van der Waals surface area (Å²) in [6.45, 7) is 3.65. The van der Waals surface area contributed by atoms with Crippen molar-refractivity contribution in [2.24, 2.45) is 0 Å². The zero-order valence-electron chi connectivity index (χ0n) is 14.5. The Morgan fingerprint density at radius 2 is 1.80 bits per heavy atom. The molecule has 2 aliphatic rings. The topological polar surface area (TPSA) is 12.5 Å². The van der Waals surface area contributed by atoms with Crippen LogP contribution < -0.4 is 4.74 Å². The van der Waals surface area contributed by atoms with Crippen LogP contribution in [-0.4, -0.2) is 24.6 Å². The van der Waals surface area contributed by atoms with Gasteiger partial charge in [0.1, 0.15) is 18.2 Å². The van der Waals surface area contributed by atoms with Gasteiger partial charge in [0.05, 0.1) is 0 Å². The number of benzene rings is 2. The number of halogens is 1. The van der Waals surface area contributed by atoms with Crippen LogP contribution in [0.3, 0.4) is 0 Å². The summed E-state index contributed by atoms with van der Waals surface area (Å²) in [6, 6.07) is 13.9. The van der Waals surface area contributed by atoms with Gasteiger partial charge in [0.2, 0.25) is 0 Å². The van der Waals surface area contributed by atoms with Gasteiger partial charge in [0.25, 0.3) is 0 Å². The van der Waals surface area contributed by atoms with Gasteiger partial charge in [-0.05, 0) is 54.5 Å². The molecular formula is C22H24FNO. The Balaban J connectivity index is 1.33. The van der Waals surface area contributed by atoms with Crippen molar-refractivity contribution in [2.75, 3.05) is 19.7 Å². The maximum absolute atomic E-state index is 13.8. The van der Waals surface area contributed by atoms with Gasteiger partial charge in [0, 0.05) is 25.2 Å². The van der Waals surface area contributed by atoms with Crippen LogP contribution in [0.2, 0.25) is 0 Å². The van der Waals surface area contributed by atoms with E-state index in [1.54, 1.807) is 12.1 Å². The van der Waals surface area contributed by atoms with Gasteiger partial charge in [-0.15, -0.1) is 0 Å². The summed E-state index contributed by atoms with van der Waals surface area (Å²) in [5.74, 6) is 0.801. The summed E-state index contributed by atoms with van der Waals surface area (Å²) in [5, 5.41) is 0. The molecule has 0 N–H and O–H groups in total. The molecule has 130 valence electrons. The van der Waals surface area contributed by atoms with Crippen molar-refractivity contribution < 1.29 is 9.13 Å². The Morgan fingerprint density at radius 1 is 0.960 bits per heavy atom. The van der Waals surface area contributed by atoms with E-state index in [1.807, 2.05) is 0 Å². The first-order valence-electron chi connectivity index (χ1n) is 9.17. The summed E-state index contributed by atoms with van der Waals surface area (Å²) in [5.41, 5.74) is 4.66. The van der Waals surface area contributed by atoms with Crippen molar-refractivity contribution in [2.45, 2.75) is 32.2 Å². The molecule has 1 heterocycles. The monoisotopic (exact) mass is 337 g/mol. The van der Waals surface area contributed by atoms with Crippen LogP contribution in [0.4, 0.5) is 4.39 Å². The molecule has 0 radical (unpaired) electrons. The summed E-state index contributed by atoms with van der Waals surface area (Å²) < 4.78 is 19.9. The fourth-order valence-electron chi connectivity index (χ4n) is 3.80. The van der Waals surface area contributed by atoms with Gasteiger partial charge in [-0.1, -0.05) is 36.4 Å². The Morgan fingerprint density at radius 3 is 2.60 bits per heavy atom. The molecule has 0 aromatic heterocycles. The standard InChI is InChI=1S/C22H24FNO/c23-21-9-10-22(20-8-4-7-19(20)21)25-16-18-11-13-24(14-12-18)15-17-5-2-1-3-6-17/h1-3,5-6,9-11H,4,7-8,12-16H2. The lowest BCUT2D eigenvalue weighted by molar-refractivity contribution is 0.269. The second-order valence-corrected chi connectivity index (χ2v) is 6.98. The zero-order valence-corrected chi connectivity index (χ0v) is 14.5. The minimum atomic E-state index is -0.0757. The van der Waals surface area contributed by atoms with Gasteiger partial charge in [-0.2, -0.15) is 0 Å². The maximum atomic E-state index is 13.8. The lowest BCUT2D eigenvalue weighted by atomic mass is 10.1.